The molecule has 6 heteroatoms. The van der Waals surface area contributed by atoms with Crippen molar-refractivity contribution in [1.82, 2.24) is 9.97 Å². The van der Waals surface area contributed by atoms with Crippen molar-refractivity contribution in [1.29, 1.82) is 0 Å². The molecule has 104 valence electrons. The molecule has 0 saturated carbocycles. The summed E-state index contributed by atoms with van der Waals surface area (Å²) in [6.45, 7) is 2.01. The van der Waals surface area contributed by atoms with Crippen molar-refractivity contribution < 1.29 is 9.53 Å². The Labute approximate surface area is 125 Å². The largest absolute Gasteiger partial charge is 0.444 e. The third-order valence-electron chi connectivity index (χ3n) is 2.69. The van der Waals surface area contributed by atoms with Crippen LogP contribution < -0.4 is 4.90 Å². The molecule has 0 saturated heterocycles. The van der Waals surface area contributed by atoms with E-state index in [9.17, 15) is 4.79 Å². The minimum atomic E-state index is -0.464. The van der Waals surface area contributed by atoms with E-state index in [1.54, 1.807) is 20.2 Å². The van der Waals surface area contributed by atoms with Crippen LogP contribution in [0.4, 0.5) is 10.6 Å². The Morgan fingerprint density at radius 2 is 2.05 bits per heavy atom. The molecule has 0 aliphatic carbocycles. The fourth-order valence-electron chi connectivity index (χ4n) is 1.68. The van der Waals surface area contributed by atoms with E-state index >= 15 is 0 Å². The summed E-state index contributed by atoms with van der Waals surface area (Å²) >= 11 is 3.24. The monoisotopic (exact) mass is 335 g/mol. The van der Waals surface area contributed by atoms with Crippen LogP contribution in [0.15, 0.2) is 41.1 Å². The second kappa shape index (κ2) is 6.47. The quantitative estimate of drug-likeness (QED) is 0.863. The first-order chi connectivity index (χ1) is 9.58. The Kier molecular flexibility index (Phi) is 4.68. The molecule has 0 aliphatic heterocycles. The molecule has 0 unspecified atom stereocenters. The highest BCUT2D eigenvalue weighted by Gasteiger charge is 2.16. The number of hydrogen-bond donors (Lipinski definition) is 0. The van der Waals surface area contributed by atoms with E-state index in [1.165, 1.54) is 4.90 Å². The van der Waals surface area contributed by atoms with E-state index in [0.717, 1.165) is 5.56 Å². The summed E-state index contributed by atoms with van der Waals surface area (Å²) in [4.78, 5) is 21.7. The number of aromatic nitrogens is 2. The van der Waals surface area contributed by atoms with Gasteiger partial charge in [0, 0.05) is 7.05 Å². The zero-order chi connectivity index (χ0) is 14.5. The summed E-state index contributed by atoms with van der Waals surface area (Å²) in [7, 11) is 1.61. The van der Waals surface area contributed by atoms with Crippen LogP contribution in [-0.2, 0) is 11.3 Å². The van der Waals surface area contributed by atoms with Gasteiger partial charge in [-0.2, -0.15) is 0 Å². The van der Waals surface area contributed by atoms with Crippen LogP contribution in [0.5, 0.6) is 0 Å². The molecular formula is C14H14BrN3O2. The van der Waals surface area contributed by atoms with Crippen LogP contribution >= 0.6 is 15.9 Å². The highest BCUT2D eigenvalue weighted by Crippen LogP contribution is 2.17. The van der Waals surface area contributed by atoms with Gasteiger partial charge in [-0.05, 0) is 28.4 Å². The number of benzene rings is 1. The first-order valence-electron chi connectivity index (χ1n) is 6.01. The minimum Gasteiger partial charge on any atom is -0.444 e. The first-order valence-corrected chi connectivity index (χ1v) is 6.81. The topological polar surface area (TPSA) is 55.3 Å². The Bertz CT molecular complexity index is 605. The zero-order valence-corrected chi connectivity index (χ0v) is 12.8. The molecule has 0 N–H and O–H groups in total. The van der Waals surface area contributed by atoms with E-state index in [1.807, 2.05) is 30.3 Å². The lowest BCUT2D eigenvalue weighted by molar-refractivity contribution is 0.148. The van der Waals surface area contributed by atoms with Gasteiger partial charge in [0.15, 0.2) is 5.82 Å². The van der Waals surface area contributed by atoms with Gasteiger partial charge < -0.3 is 4.74 Å². The van der Waals surface area contributed by atoms with Gasteiger partial charge in [-0.3, -0.25) is 4.90 Å². The van der Waals surface area contributed by atoms with Crippen molar-refractivity contribution >= 4 is 27.8 Å². The maximum Gasteiger partial charge on any atom is 0.415 e. The number of ether oxygens (including phenoxy) is 1. The van der Waals surface area contributed by atoms with Gasteiger partial charge in [-0.1, -0.05) is 30.3 Å². The predicted molar refractivity (Wildman–Crippen MR) is 79.5 cm³/mol. The number of nitrogens with zero attached hydrogens (tertiary/aromatic N) is 3. The number of carbonyl (C=O) groups is 1. The molecule has 0 spiro atoms. The lowest BCUT2D eigenvalue weighted by Gasteiger charge is -2.17. The van der Waals surface area contributed by atoms with Crippen molar-refractivity contribution in [2.75, 3.05) is 11.9 Å². The SMILES string of the molecule is Cc1nc(Br)cnc1N(C)C(=O)OCc1ccccc1. The van der Waals surface area contributed by atoms with Gasteiger partial charge in [0.1, 0.15) is 11.2 Å². The van der Waals surface area contributed by atoms with Crippen molar-refractivity contribution in [3.05, 3.63) is 52.4 Å². The molecule has 0 atom stereocenters. The summed E-state index contributed by atoms with van der Waals surface area (Å²) < 4.78 is 5.87. The van der Waals surface area contributed by atoms with E-state index in [-0.39, 0.29) is 6.61 Å². The smallest absolute Gasteiger partial charge is 0.415 e. The van der Waals surface area contributed by atoms with Gasteiger partial charge in [-0.25, -0.2) is 14.8 Å². The van der Waals surface area contributed by atoms with Crippen molar-refractivity contribution in [2.24, 2.45) is 0 Å². The second-order valence-electron chi connectivity index (χ2n) is 4.20. The maximum atomic E-state index is 12.0. The first kappa shape index (κ1) is 14.5. The maximum absolute atomic E-state index is 12.0. The average Bonchev–Trinajstić information content (AvgIpc) is 2.45. The second-order valence-corrected chi connectivity index (χ2v) is 5.01. The molecule has 1 heterocycles. The Morgan fingerprint density at radius 3 is 2.70 bits per heavy atom. The molecule has 2 aromatic rings. The van der Waals surface area contributed by atoms with Gasteiger partial charge >= 0.3 is 6.09 Å². The van der Waals surface area contributed by atoms with Crippen LogP contribution in [-0.4, -0.2) is 23.1 Å². The molecule has 2 rings (SSSR count). The molecule has 5 nitrogen and oxygen atoms in total. The minimum absolute atomic E-state index is 0.229. The number of anilines is 1. The van der Waals surface area contributed by atoms with E-state index < -0.39 is 6.09 Å². The number of amides is 1. The van der Waals surface area contributed by atoms with Crippen LogP contribution in [0, 0.1) is 6.92 Å². The van der Waals surface area contributed by atoms with Crippen LogP contribution in [0.25, 0.3) is 0 Å². The highest BCUT2D eigenvalue weighted by atomic mass is 79.9. The Morgan fingerprint density at radius 1 is 1.35 bits per heavy atom. The normalized spacial score (nSPS) is 10.2. The fraction of sp³-hybridized carbons (Fsp3) is 0.214. The van der Waals surface area contributed by atoms with Gasteiger partial charge in [0.2, 0.25) is 0 Å². The third kappa shape index (κ3) is 3.54. The van der Waals surface area contributed by atoms with Crippen LogP contribution in [0.3, 0.4) is 0 Å². The zero-order valence-electron chi connectivity index (χ0n) is 11.2. The number of halogens is 1. The van der Waals surface area contributed by atoms with Crippen molar-refractivity contribution in [3.8, 4) is 0 Å². The van der Waals surface area contributed by atoms with Crippen LogP contribution in [0.2, 0.25) is 0 Å². The average molecular weight is 336 g/mol. The molecule has 0 aliphatic rings. The van der Waals surface area contributed by atoms with E-state index in [4.69, 9.17) is 4.74 Å². The predicted octanol–water partition coefficient (Wildman–Crippen LogP) is 3.32. The third-order valence-corrected chi connectivity index (χ3v) is 3.07. The number of hydrogen-bond acceptors (Lipinski definition) is 4. The van der Waals surface area contributed by atoms with Gasteiger partial charge in [-0.15, -0.1) is 0 Å². The molecule has 1 aromatic carbocycles. The number of aryl methyl sites for hydroxylation is 1. The summed E-state index contributed by atoms with van der Waals surface area (Å²) in [6.07, 6.45) is 1.08. The van der Waals surface area contributed by atoms with Crippen LogP contribution in [0.1, 0.15) is 11.3 Å². The van der Waals surface area contributed by atoms with E-state index in [0.29, 0.717) is 16.1 Å². The lowest BCUT2D eigenvalue weighted by atomic mass is 10.2. The lowest BCUT2D eigenvalue weighted by Crippen LogP contribution is -2.28. The standard InChI is InChI=1S/C14H14BrN3O2/c1-10-13(16-8-12(15)17-10)18(2)14(19)20-9-11-6-4-3-5-7-11/h3-8H,9H2,1-2H3. The molecule has 0 radical (unpaired) electrons. The molecule has 20 heavy (non-hydrogen) atoms. The summed E-state index contributed by atoms with van der Waals surface area (Å²) in [5, 5.41) is 0. The summed E-state index contributed by atoms with van der Waals surface area (Å²) in [5.74, 6) is 0.478. The Balaban J connectivity index is 2.01. The Hall–Kier alpha value is -1.95. The fourth-order valence-corrected chi connectivity index (χ4v) is 2.05. The molecular weight excluding hydrogens is 322 g/mol. The molecule has 0 bridgehead atoms. The molecule has 1 aromatic heterocycles. The molecule has 0 fully saturated rings. The van der Waals surface area contributed by atoms with Crippen molar-refractivity contribution in [2.45, 2.75) is 13.5 Å². The molecule has 1 amide bonds. The van der Waals surface area contributed by atoms with Gasteiger partial charge in [0.05, 0.1) is 11.9 Å². The summed E-state index contributed by atoms with van der Waals surface area (Å²) in [6, 6.07) is 9.52. The van der Waals surface area contributed by atoms with Crippen molar-refractivity contribution in [3.63, 3.8) is 0 Å². The van der Waals surface area contributed by atoms with Gasteiger partial charge in [0.25, 0.3) is 0 Å². The number of rotatable bonds is 3. The van der Waals surface area contributed by atoms with E-state index in [2.05, 4.69) is 25.9 Å². The number of carbonyl (C=O) groups excluding carboxylic acids is 1. The summed E-state index contributed by atoms with van der Waals surface area (Å²) in [5.41, 5.74) is 1.59. The highest BCUT2D eigenvalue weighted by molar-refractivity contribution is 9.10.